The Kier molecular flexibility index (Phi) is 3.96. The van der Waals surface area contributed by atoms with Gasteiger partial charge in [-0.05, 0) is 18.2 Å². The van der Waals surface area contributed by atoms with E-state index >= 15 is 0 Å². The number of hydrogen-bond acceptors (Lipinski definition) is 5. The molecule has 0 amide bonds. The molecular formula is C12H17N5O2S. The van der Waals surface area contributed by atoms with Gasteiger partial charge in [-0.1, -0.05) is 6.07 Å². The summed E-state index contributed by atoms with van der Waals surface area (Å²) < 4.78 is 27.1. The van der Waals surface area contributed by atoms with Crippen LogP contribution in [0.1, 0.15) is 5.56 Å². The fraction of sp³-hybridized carbons (Fsp3) is 0.250. The maximum absolute atomic E-state index is 12.3. The van der Waals surface area contributed by atoms with Crippen molar-refractivity contribution < 1.29 is 8.42 Å². The molecule has 7 nitrogen and oxygen atoms in total. The normalized spacial score (nSPS) is 11.3. The quantitative estimate of drug-likeness (QED) is 0.754. The molecule has 2 aromatic rings. The number of sulfonamides is 1. The van der Waals surface area contributed by atoms with Crippen molar-refractivity contribution in [3.8, 4) is 0 Å². The van der Waals surface area contributed by atoms with Crippen molar-refractivity contribution in [2.75, 3.05) is 23.7 Å². The van der Waals surface area contributed by atoms with Gasteiger partial charge in [0.05, 0.1) is 11.9 Å². The van der Waals surface area contributed by atoms with Crippen LogP contribution >= 0.6 is 0 Å². The topological polar surface area (TPSA) is 104 Å². The Labute approximate surface area is 117 Å². The zero-order valence-corrected chi connectivity index (χ0v) is 12.1. The molecule has 1 aromatic heterocycles. The minimum atomic E-state index is -3.72. The summed E-state index contributed by atoms with van der Waals surface area (Å²) in [6.45, 7) is 0.102. The summed E-state index contributed by atoms with van der Waals surface area (Å²) in [6.07, 6.45) is 1.41. The third kappa shape index (κ3) is 2.91. The maximum atomic E-state index is 12.3. The number of nitrogens with two attached hydrogens (primary N) is 1. The highest BCUT2D eigenvalue weighted by atomic mass is 32.2. The number of nitrogens with zero attached hydrogens (tertiary/aromatic N) is 2. The van der Waals surface area contributed by atoms with Crippen molar-refractivity contribution in [1.82, 2.24) is 10.2 Å². The summed E-state index contributed by atoms with van der Waals surface area (Å²) in [6, 6.07) is 7.10. The average Bonchev–Trinajstić information content (AvgIpc) is 2.87. The lowest BCUT2D eigenvalue weighted by molar-refractivity contribution is 0.596. The molecule has 108 valence electrons. The Balaban J connectivity index is 2.31. The monoisotopic (exact) mass is 295 g/mol. The molecule has 0 saturated heterocycles. The number of anilines is 2. The van der Waals surface area contributed by atoms with Gasteiger partial charge in [0.15, 0.2) is 5.03 Å². The first-order chi connectivity index (χ1) is 9.44. The molecule has 20 heavy (non-hydrogen) atoms. The fourth-order valence-electron chi connectivity index (χ4n) is 1.73. The standard InChI is InChI=1S/C12H17N5O2S/c1-17(2)11-5-3-4-10(6-11)16-20(18,19)12-9(7-13)8-14-15-12/h3-6,8,16H,7,13H2,1-2H3,(H,14,15). The molecule has 4 N–H and O–H groups in total. The molecule has 0 saturated carbocycles. The van der Waals surface area contributed by atoms with Crippen LogP contribution in [0.4, 0.5) is 11.4 Å². The predicted octanol–water partition coefficient (Wildman–Crippen LogP) is 0.735. The minimum Gasteiger partial charge on any atom is -0.378 e. The van der Waals surface area contributed by atoms with Crippen LogP contribution in [0.15, 0.2) is 35.5 Å². The third-order valence-corrected chi connectivity index (χ3v) is 4.18. The summed E-state index contributed by atoms with van der Waals surface area (Å²) in [5, 5.41) is 6.17. The number of aromatic amines is 1. The second-order valence-electron chi connectivity index (χ2n) is 4.48. The van der Waals surface area contributed by atoms with E-state index in [1.807, 2.05) is 25.1 Å². The first-order valence-electron chi connectivity index (χ1n) is 5.96. The number of nitrogens with one attached hydrogen (secondary N) is 2. The average molecular weight is 295 g/mol. The van der Waals surface area contributed by atoms with Crippen molar-refractivity contribution in [3.05, 3.63) is 36.0 Å². The van der Waals surface area contributed by atoms with Crippen molar-refractivity contribution in [3.63, 3.8) is 0 Å². The Morgan fingerprint density at radius 1 is 1.40 bits per heavy atom. The Bertz CT molecular complexity index is 693. The molecule has 0 aliphatic carbocycles. The Hall–Kier alpha value is -2.06. The molecule has 1 aromatic carbocycles. The van der Waals surface area contributed by atoms with Crippen molar-refractivity contribution in [2.45, 2.75) is 11.6 Å². The van der Waals surface area contributed by atoms with Gasteiger partial charge in [-0.25, -0.2) is 0 Å². The molecule has 0 atom stereocenters. The Morgan fingerprint density at radius 3 is 2.80 bits per heavy atom. The zero-order chi connectivity index (χ0) is 14.8. The van der Waals surface area contributed by atoms with E-state index in [2.05, 4.69) is 14.9 Å². The molecule has 0 fully saturated rings. The smallest absolute Gasteiger partial charge is 0.279 e. The molecule has 0 aliphatic rings. The largest absolute Gasteiger partial charge is 0.378 e. The number of hydrogen-bond donors (Lipinski definition) is 3. The molecule has 0 bridgehead atoms. The van der Waals surface area contributed by atoms with Gasteiger partial charge in [0.1, 0.15) is 0 Å². The summed E-state index contributed by atoms with van der Waals surface area (Å²) >= 11 is 0. The van der Waals surface area contributed by atoms with E-state index in [1.165, 1.54) is 6.20 Å². The lowest BCUT2D eigenvalue weighted by Gasteiger charge is -2.14. The van der Waals surface area contributed by atoms with Gasteiger partial charge in [0, 0.05) is 31.9 Å². The maximum Gasteiger partial charge on any atom is 0.279 e. The molecular weight excluding hydrogens is 278 g/mol. The second kappa shape index (κ2) is 5.51. The van der Waals surface area contributed by atoms with Gasteiger partial charge in [-0.15, -0.1) is 0 Å². The zero-order valence-electron chi connectivity index (χ0n) is 11.3. The van der Waals surface area contributed by atoms with E-state index in [9.17, 15) is 8.42 Å². The van der Waals surface area contributed by atoms with Crippen LogP contribution in [-0.4, -0.2) is 32.7 Å². The molecule has 1 heterocycles. The van der Waals surface area contributed by atoms with Crippen LogP contribution in [0.5, 0.6) is 0 Å². The van der Waals surface area contributed by atoms with Crippen LogP contribution in [0.2, 0.25) is 0 Å². The van der Waals surface area contributed by atoms with Gasteiger partial charge in [-0.3, -0.25) is 9.82 Å². The van der Waals surface area contributed by atoms with Gasteiger partial charge >= 0.3 is 0 Å². The second-order valence-corrected chi connectivity index (χ2v) is 6.10. The fourth-order valence-corrected chi connectivity index (χ4v) is 2.92. The molecule has 0 unspecified atom stereocenters. The lowest BCUT2D eigenvalue weighted by Crippen LogP contribution is -2.16. The predicted molar refractivity (Wildman–Crippen MR) is 78.1 cm³/mol. The van der Waals surface area contributed by atoms with E-state index in [1.54, 1.807) is 18.2 Å². The van der Waals surface area contributed by atoms with Gasteiger partial charge in [0.2, 0.25) is 0 Å². The van der Waals surface area contributed by atoms with Crippen LogP contribution in [-0.2, 0) is 16.6 Å². The number of rotatable bonds is 5. The molecule has 0 spiro atoms. The summed E-state index contributed by atoms with van der Waals surface area (Å²) in [5.41, 5.74) is 7.31. The lowest BCUT2D eigenvalue weighted by atomic mass is 10.3. The molecule has 2 rings (SSSR count). The highest BCUT2D eigenvalue weighted by Crippen LogP contribution is 2.21. The van der Waals surface area contributed by atoms with Crippen LogP contribution in [0, 0.1) is 0 Å². The van der Waals surface area contributed by atoms with Gasteiger partial charge in [-0.2, -0.15) is 13.5 Å². The van der Waals surface area contributed by atoms with Crippen molar-refractivity contribution in [1.29, 1.82) is 0 Å². The van der Waals surface area contributed by atoms with Gasteiger partial charge < -0.3 is 10.6 Å². The molecule has 0 radical (unpaired) electrons. The minimum absolute atomic E-state index is 0.00439. The van der Waals surface area contributed by atoms with Crippen LogP contribution in [0.3, 0.4) is 0 Å². The summed E-state index contributed by atoms with van der Waals surface area (Å²) in [5.74, 6) is 0. The third-order valence-electron chi connectivity index (χ3n) is 2.78. The van der Waals surface area contributed by atoms with E-state index in [0.717, 1.165) is 5.69 Å². The first kappa shape index (κ1) is 14.4. The number of benzene rings is 1. The van der Waals surface area contributed by atoms with Gasteiger partial charge in [0.25, 0.3) is 10.0 Å². The SMILES string of the molecule is CN(C)c1cccc(NS(=O)(=O)c2[nH]ncc2CN)c1. The van der Waals surface area contributed by atoms with Crippen molar-refractivity contribution >= 4 is 21.4 Å². The summed E-state index contributed by atoms with van der Waals surface area (Å²) in [4.78, 5) is 1.89. The highest BCUT2D eigenvalue weighted by molar-refractivity contribution is 7.92. The van der Waals surface area contributed by atoms with E-state index in [4.69, 9.17) is 5.73 Å². The Morgan fingerprint density at radius 2 is 2.15 bits per heavy atom. The van der Waals surface area contributed by atoms with E-state index in [0.29, 0.717) is 11.3 Å². The van der Waals surface area contributed by atoms with E-state index in [-0.39, 0.29) is 11.6 Å². The molecule has 0 aliphatic heterocycles. The van der Waals surface area contributed by atoms with Crippen LogP contribution < -0.4 is 15.4 Å². The molecule has 8 heteroatoms. The van der Waals surface area contributed by atoms with Crippen molar-refractivity contribution in [2.24, 2.45) is 5.73 Å². The highest BCUT2D eigenvalue weighted by Gasteiger charge is 2.20. The van der Waals surface area contributed by atoms with E-state index < -0.39 is 10.0 Å². The summed E-state index contributed by atoms with van der Waals surface area (Å²) in [7, 11) is 0.0461. The van der Waals surface area contributed by atoms with Crippen LogP contribution in [0.25, 0.3) is 0 Å². The number of H-pyrrole nitrogens is 1. The number of aromatic nitrogens is 2. The first-order valence-corrected chi connectivity index (χ1v) is 7.45.